The third-order valence-corrected chi connectivity index (χ3v) is 5.52. The topological polar surface area (TPSA) is 23.6 Å². The molecule has 2 fully saturated rings. The van der Waals surface area contributed by atoms with Crippen LogP contribution in [0.5, 0.6) is 0 Å². The fraction of sp³-hybridized carbons (Fsp3) is 0.429. The first-order valence-electron chi connectivity index (χ1n) is 6.30. The molecule has 2 saturated heterocycles. The van der Waals surface area contributed by atoms with Gasteiger partial charge in [0.1, 0.15) is 4.99 Å². The Hall–Kier alpha value is -1.07. The Kier molecular flexibility index (Phi) is 2.87. The average Bonchev–Trinajstić information content (AvgIpc) is 2.79. The Labute approximate surface area is 123 Å². The van der Waals surface area contributed by atoms with Gasteiger partial charge in [-0.2, -0.15) is 0 Å². The van der Waals surface area contributed by atoms with Crippen LogP contribution in [0.1, 0.15) is 19.4 Å². The fourth-order valence-corrected chi connectivity index (χ4v) is 4.32. The third-order valence-electron chi connectivity index (χ3n) is 3.68. The summed E-state index contributed by atoms with van der Waals surface area (Å²) in [5.41, 5.74) is 2.05. The highest BCUT2D eigenvalue weighted by Gasteiger charge is 2.53. The summed E-state index contributed by atoms with van der Waals surface area (Å²) in [6.45, 7) is 6.19. The number of hydrogen-bond donors (Lipinski definition) is 0. The van der Waals surface area contributed by atoms with E-state index in [4.69, 9.17) is 12.2 Å². The van der Waals surface area contributed by atoms with Crippen LogP contribution in [0, 0.1) is 6.92 Å². The SMILES string of the molecule is Cc1ccc(N2C(=O)N3C(CSC3(C)C)C2=S)cc1. The molecule has 0 saturated carbocycles. The predicted molar refractivity (Wildman–Crippen MR) is 83.8 cm³/mol. The number of urea groups is 1. The zero-order chi connectivity index (χ0) is 13.8. The number of carbonyl (C=O) groups excluding carboxylic acids is 1. The molecule has 1 aromatic rings. The Morgan fingerprint density at radius 1 is 1.32 bits per heavy atom. The van der Waals surface area contributed by atoms with Crippen molar-refractivity contribution in [3.05, 3.63) is 29.8 Å². The molecule has 0 aliphatic carbocycles. The number of nitrogens with zero attached hydrogens (tertiary/aromatic N) is 2. The van der Waals surface area contributed by atoms with Crippen molar-refractivity contribution in [3.8, 4) is 0 Å². The minimum atomic E-state index is -0.175. The van der Waals surface area contributed by atoms with E-state index in [0.29, 0.717) is 0 Å². The van der Waals surface area contributed by atoms with Gasteiger partial charge in [-0.3, -0.25) is 9.80 Å². The Morgan fingerprint density at radius 3 is 2.53 bits per heavy atom. The van der Waals surface area contributed by atoms with Crippen molar-refractivity contribution >= 4 is 40.7 Å². The van der Waals surface area contributed by atoms with Gasteiger partial charge in [-0.1, -0.05) is 29.9 Å². The van der Waals surface area contributed by atoms with Crippen molar-refractivity contribution in [2.45, 2.75) is 31.7 Å². The van der Waals surface area contributed by atoms with Gasteiger partial charge in [0.15, 0.2) is 0 Å². The number of thiocarbonyl (C=S) groups is 1. The van der Waals surface area contributed by atoms with Crippen LogP contribution in [0.2, 0.25) is 0 Å². The zero-order valence-electron chi connectivity index (χ0n) is 11.2. The van der Waals surface area contributed by atoms with E-state index in [1.807, 2.05) is 36.1 Å². The normalized spacial score (nSPS) is 25.1. The van der Waals surface area contributed by atoms with Crippen molar-refractivity contribution in [1.82, 2.24) is 4.90 Å². The zero-order valence-corrected chi connectivity index (χ0v) is 12.8. The van der Waals surface area contributed by atoms with Crippen LogP contribution in [0.4, 0.5) is 10.5 Å². The number of aryl methyl sites for hydroxylation is 1. The lowest BCUT2D eigenvalue weighted by molar-refractivity contribution is 0.193. The number of amides is 2. The molecule has 1 aromatic carbocycles. The van der Waals surface area contributed by atoms with Gasteiger partial charge >= 0.3 is 6.03 Å². The van der Waals surface area contributed by atoms with Crippen LogP contribution >= 0.6 is 24.0 Å². The van der Waals surface area contributed by atoms with Crippen molar-refractivity contribution in [1.29, 1.82) is 0 Å². The summed E-state index contributed by atoms with van der Waals surface area (Å²) in [5.74, 6) is 0.889. The van der Waals surface area contributed by atoms with Crippen LogP contribution in [-0.4, -0.2) is 32.6 Å². The van der Waals surface area contributed by atoms with Crippen LogP contribution in [-0.2, 0) is 0 Å². The number of benzene rings is 1. The molecule has 19 heavy (non-hydrogen) atoms. The summed E-state index contributed by atoms with van der Waals surface area (Å²) >= 11 is 7.31. The van der Waals surface area contributed by atoms with E-state index in [1.165, 1.54) is 5.56 Å². The lowest BCUT2D eigenvalue weighted by Crippen LogP contribution is -2.43. The number of rotatable bonds is 1. The Balaban J connectivity index is 1.99. The van der Waals surface area contributed by atoms with Gasteiger partial charge in [0.25, 0.3) is 0 Å². The highest BCUT2D eigenvalue weighted by molar-refractivity contribution is 8.01. The van der Waals surface area contributed by atoms with Gasteiger partial charge in [0.2, 0.25) is 0 Å². The second kappa shape index (κ2) is 4.21. The number of hydrogen-bond acceptors (Lipinski definition) is 3. The van der Waals surface area contributed by atoms with Gasteiger partial charge < -0.3 is 0 Å². The average molecular weight is 292 g/mol. The standard InChI is InChI=1S/C14H16N2OS2/c1-9-4-6-10(7-5-9)15-12(18)11-8-19-14(2,3)16(11)13(15)17/h4-7,11H,8H2,1-3H3. The molecule has 1 unspecified atom stereocenters. The van der Waals surface area contributed by atoms with E-state index in [0.717, 1.165) is 16.4 Å². The van der Waals surface area contributed by atoms with E-state index in [1.54, 1.807) is 16.7 Å². The summed E-state index contributed by atoms with van der Waals surface area (Å²) in [5, 5.41) is 0. The highest BCUT2D eigenvalue weighted by atomic mass is 32.2. The lowest BCUT2D eigenvalue weighted by Gasteiger charge is -2.29. The lowest BCUT2D eigenvalue weighted by atomic mass is 10.2. The smallest absolute Gasteiger partial charge is 0.300 e. The molecule has 0 radical (unpaired) electrons. The molecule has 1 atom stereocenters. The largest absolute Gasteiger partial charge is 0.331 e. The Bertz CT molecular complexity index is 553. The third kappa shape index (κ3) is 1.87. The summed E-state index contributed by atoms with van der Waals surface area (Å²) in [6, 6.07) is 8.00. The van der Waals surface area contributed by atoms with E-state index < -0.39 is 0 Å². The second-order valence-corrected chi connectivity index (χ2v) is 7.47. The summed E-state index contributed by atoms with van der Waals surface area (Å²) < 4.78 is 0. The minimum absolute atomic E-state index is 0.00820. The molecular formula is C14H16N2OS2. The van der Waals surface area contributed by atoms with Crippen molar-refractivity contribution in [3.63, 3.8) is 0 Å². The first kappa shape index (κ1) is 12.9. The molecule has 2 aliphatic heterocycles. The molecular weight excluding hydrogens is 276 g/mol. The molecule has 5 heteroatoms. The van der Waals surface area contributed by atoms with Crippen LogP contribution < -0.4 is 4.90 Å². The number of thioether (sulfide) groups is 1. The van der Waals surface area contributed by atoms with Crippen molar-refractivity contribution in [2.75, 3.05) is 10.7 Å². The minimum Gasteiger partial charge on any atom is -0.300 e. The molecule has 0 aromatic heterocycles. The fourth-order valence-electron chi connectivity index (χ4n) is 2.63. The number of fused-ring (bicyclic) bond motifs is 1. The van der Waals surface area contributed by atoms with Gasteiger partial charge in [-0.25, -0.2) is 4.79 Å². The van der Waals surface area contributed by atoms with Crippen molar-refractivity contribution in [2.24, 2.45) is 0 Å². The van der Waals surface area contributed by atoms with Gasteiger partial charge in [0.05, 0.1) is 16.6 Å². The van der Waals surface area contributed by atoms with E-state index in [9.17, 15) is 4.79 Å². The number of anilines is 1. The molecule has 0 bridgehead atoms. The van der Waals surface area contributed by atoms with Gasteiger partial charge in [0, 0.05) is 5.75 Å². The van der Waals surface area contributed by atoms with E-state index >= 15 is 0 Å². The first-order chi connectivity index (χ1) is 8.92. The maximum Gasteiger partial charge on any atom is 0.331 e. The summed E-state index contributed by atoms with van der Waals surface area (Å²) in [6.07, 6.45) is 0. The molecule has 2 amide bonds. The molecule has 100 valence electrons. The molecule has 0 spiro atoms. The monoisotopic (exact) mass is 292 g/mol. The molecule has 2 heterocycles. The molecule has 0 N–H and O–H groups in total. The van der Waals surface area contributed by atoms with Gasteiger partial charge in [-0.05, 0) is 32.9 Å². The number of carbonyl (C=O) groups is 1. The summed E-state index contributed by atoms with van der Waals surface area (Å²) in [7, 11) is 0. The molecule has 2 aliphatic rings. The maximum absolute atomic E-state index is 12.6. The maximum atomic E-state index is 12.6. The first-order valence-corrected chi connectivity index (χ1v) is 7.69. The molecule has 3 nitrogen and oxygen atoms in total. The predicted octanol–water partition coefficient (Wildman–Crippen LogP) is 3.42. The van der Waals surface area contributed by atoms with E-state index in [2.05, 4.69) is 13.8 Å². The van der Waals surface area contributed by atoms with Crippen LogP contribution in [0.25, 0.3) is 0 Å². The quantitative estimate of drug-likeness (QED) is 0.741. The van der Waals surface area contributed by atoms with E-state index in [-0.39, 0.29) is 16.9 Å². The van der Waals surface area contributed by atoms with Crippen LogP contribution in [0.15, 0.2) is 24.3 Å². The van der Waals surface area contributed by atoms with Crippen molar-refractivity contribution < 1.29 is 4.79 Å². The second-order valence-electron chi connectivity index (χ2n) is 5.44. The van der Waals surface area contributed by atoms with Gasteiger partial charge in [-0.15, -0.1) is 11.8 Å². The molecule has 3 rings (SSSR count). The summed E-state index contributed by atoms with van der Waals surface area (Å²) in [4.78, 5) is 16.8. The van der Waals surface area contributed by atoms with Crippen LogP contribution in [0.3, 0.4) is 0 Å². The Morgan fingerprint density at radius 2 is 1.95 bits per heavy atom. The highest BCUT2D eigenvalue weighted by Crippen LogP contribution is 2.44.